The Hall–Kier alpha value is -1.10. The molecule has 0 aromatic carbocycles. The number of nitrogens with zero attached hydrogens (tertiary/aromatic N) is 1. The third kappa shape index (κ3) is 2.92. The summed E-state index contributed by atoms with van der Waals surface area (Å²) in [4.78, 5) is 24.7. The first-order chi connectivity index (χ1) is 7.20. The van der Waals surface area contributed by atoms with E-state index in [-0.39, 0.29) is 17.9 Å². The minimum absolute atomic E-state index is 0.0584. The fraction of sp³-hybridized carbons (Fsp3) is 0.800. The molecule has 0 aliphatic carbocycles. The topological polar surface area (TPSA) is 58.6 Å². The lowest BCUT2D eigenvalue weighted by Gasteiger charge is -2.22. The second-order valence-corrected chi connectivity index (χ2v) is 3.55. The van der Waals surface area contributed by atoms with Gasteiger partial charge in [0.2, 0.25) is 0 Å². The molecule has 1 aliphatic rings. The molecule has 0 saturated carbocycles. The maximum atomic E-state index is 11.7. The summed E-state index contributed by atoms with van der Waals surface area (Å²) in [6, 6.07) is -0.295. The Morgan fingerprint density at radius 1 is 1.53 bits per heavy atom. The molecule has 1 rings (SSSR count). The normalized spacial score (nSPS) is 20.4. The number of ether oxygens (including phenoxy) is 1. The number of likely N-dealkylation sites (tertiary alicyclic amines) is 1. The van der Waals surface area contributed by atoms with Crippen LogP contribution in [0.25, 0.3) is 0 Å². The van der Waals surface area contributed by atoms with E-state index in [2.05, 4.69) is 5.32 Å². The number of rotatable bonds is 4. The minimum Gasteiger partial charge on any atom is -0.450 e. The summed E-state index contributed by atoms with van der Waals surface area (Å²) in [6.45, 7) is 3.04. The molecule has 0 aromatic heterocycles. The van der Waals surface area contributed by atoms with Gasteiger partial charge in [-0.2, -0.15) is 0 Å². The summed E-state index contributed by atoms with van der Waals surface area (Å²) in [6.07, 6.45) is 1.25. The molecule has 1 atom stereocenters. The van der Waals surface area contributed by atoms with E-state index in [1.807, 2.05) is 0 Å². The first kappa shape index (κ1) is 12.0. The summed E-state index contributed by atoms with van der Waals surface area (Å²) in [5.74, 6) is 0.0584. The fourth-order valence-corrected chi connectivity index (χ4v) is 1.82. The Morgan fingerprint density at radius 3 is 2.87 bits per heavy atom. The molecule has 1 amide bonds. The van der Waals surface area contributed by atoms with Crippen LogP contribution in [0.5, 0.6) is 0 Å². The molecule has 0 spiro atoms. The van der Waals surface area contributed by atoms with Crippen molar-refractivity contribution in [1.82, 2.24) is 10.2 Å². The number of amides is 1. The lowest BCUT2D eigenvalue weighted by molar-refractivity contribution is -0.122. The van der Waals surface area contributed by atoms with Gasteiger partial charge in [-0.1, -0.05) is 0 Å². The van der Waals surface area contributed by atoms with Crippen LogP contribution >= 0.6 is 0 Å². The van der Waals surface area contributed by atoms with Crippen LogP contribution in [0, 0.1) is 0 Å². The predicted octanol–water partition coefficient (Wildman–Crippen LogP) is 0.396. The number of likely N-dealkylation sites (N-methyl/N-ethyl adjacent to an activating group) is 1. The van der Waals surface area contributed by atoms with Crippen molar-refractivity contribution in [3.05, 3.63) is 0 Å². The van der Waals surface area contributed by atoms with E-state index in [9.17, 15) is 9.59 Å². The van der Waals surface area contributed by atoms with E-state index in [1.54, 1.807) is 14.0 Å². The van der Waals surface area contributed by atoms with Gasteiger partial charge in [-0.25, -0.2) is 4.79 Å². The number of ketones is 1. The van der Waals surface area contributed by atoms with Gasteiger partial charge >= 0.3 is 6.09 Å². The molecule has 1 N–H and O–H groups in total. The maximum absolute atomic E-state index is 11.7. The number of hydrogen-bond acceptors (Lipinski definition) is 4. The predicted molar refractivity (Wildman–Crippen MR) is 55.7 cm³/mol. The third-order valence-corrected chi connectivity index (χ3v) is 2.48. The van der Waals surface area contributed by atoms with Crippen molar-refractivity contribution in [2.75, 3.05) is 26.7 Å². The monoisotopic (exact) mass is 214 g/mol. The van der Waals surface area contributed by atoms with Crippen LogP contribution in [-0.2, 0) is 9.53 Å². The maximum Gasteiger partial charge on any atom is 0.410 e. The van der Waals surface area contributed by atoms with Gasteiger partial charge in [-0.15, -0.1) is 0 Å². The Morgan fingerprint density at radius 2 is 2.27 bits per heavy atom. The zero-order valence-electron chi connectivity index (χ0n) is 9.28. The molecule has 86 valence electrons. The minimum atomic E-state index is -0.371. The first-order valence-corrected chi connectivity index (χ1v) is 5.31. The fourth-order valence-electron chi connectivity index (χ4n) is 1.82. The van der Waals surface area contributed by atoms with Gasteiger partial charge in [0.15, 0.2) is 5.78 Å². The average Bonchev–Trinajstić information content (AvgIpc) is 2.66. The van der Waals surface area contributed by atoms with E-state index in [0.29, 0.717) is 19.7 Å². The van der Waals surface area contributed by atoms with Gasteiger partial charge in [0.1, 0.15) is 0 Å². The SMILES string of the molecule is CCOC(=O)N1CCCC1C(=O)CNC. The van der Waals surface area contributed by atoms with E-state index < -0.39 is 0 Å². The van der Waals surface area contributed by atoms with E-state index in [0.717, 1.165) is 12.8 Å². The molecule has 0 radical (unpaired) electrons. The van der Waals surface area contributed by atoms with Crippen molar-refractivity contribution in [1.29, 1.82) is 0 Å². The van der Waals surface area contributed by atoms with Crippen LogP contribution in [-0.4, -0.2) is 49.6 Å². The number of nitrogens with one attached hydrogen (secondary N) is 1. The molecular formula is C10H18N2O3. The Balaban J connectivity index is 2.56. The highest BCUT2D eigenvalue weighted by molar-refractivity contribution is 5.89. The van der Waals surface area contributed by atoms with Crippen LogP contribution in [0.3, 0.4) is 0 Å². The molecule has 1 aliphatic heterocycles. The highest BCUT2D eigenvalue weighted by Crippen LogP contribution is 2.18. The molecule has 1 saturated heterocycles. The van der Waals surface area contributed by atoms with Gasteiger partial charge in [0, 0.05) is 6.54 Å². The van der Waals surface area contributed by atoms with Gasteiger partial charge in [0.05, 0.1) is 19.2 Å². The Labute approximate surface area is 89.8 Å². The van der Waals surface area contributed by atoms with Gasteiger partial charge in [-0.3, -0.25) is 9.69 Å². The van der Waals surface area contributed by atoms with Crippen molar-refractivity contribution in [2.24, 2.45) is 0 Å². The van der Waals surface area contributed by atoms with Crippen molar-refractivity contribution < 1.29 is 14.3 Å². The Bertz CT molecular complexity index is 219. The summed E-state index contributed by atoms with van der Waals surface area (Å²) in [5, 5.41) is 2.81. The molecule has 0 bridgehead atoms. The lowest BCUT2D eigenvalue weighted by atomic mass is 10.1. The van der Waals surface area contributed by atoms with E-state index >= 15 is 0 Å². The molecule has 1 heterocycles. The first-order valence-electron chi connectivity index (χ1n) is 5.31. The number of carbonyl (C=O) groups excluding carboxylic acids is 2. The smallest absolute Gasteiger partial charge is 0.410 e. The molecule has 5 nitrogen and oxygen atoms in total. The second-order valence-electron chi connectivity index (χ2n) is 3.55. The molecule has 5 heteroatoms. The summed E-state index contributed by atoms with van der Waals surface area (Å²) in [7, 11) is 1.72. The van der Waals surface area contributed by atoms with E-state index in [4.69, 9.17) is 4.74 Å². The third-order valence-electron chi connectivity index (χ3n) is 2.48. The summed E-state index contributed by atoms with van der Waals surface area (Å²) >= 11 is 0. The largest absolute Gasteiger partial charge is 0.450 e. The van der Waals surface area contributed by atoms with Crippen LogP contribution in [0.1, 0.15) is 19.8 Å². The van der Waals surface area contributed by atoms with Crippen molar-refractivity contribution in [3.8, 4) is 0 Å². The summed E-state index contributed by atoms with van der Waals surface area (Å²) < 4.78 is 4.90. The Kier molecular flexibility index (Phi) is 4.55. The molecule has 15 heavy (non-hydrogen) atoms. The van der Waals surface area contributed by atoms with Gasteiger partial charge < -0.3 is 10.1 Å². The quantitative estimate of drug-likeness (QED) is 0.735. The summed E-state index contributed by atoms with van der Waals surface area (Å²) in [5.41, 5.74) is 0. The molecule has 1 fully saturated rings. The number of carbonyl (C=O) groups is 2. The standard InChI is InChI=1S/C10H18N2O3/c1-3-15-10(14)12-6-4-5-8(12)9(13)7-11-2/h8,11H,3-7H2,1-2H3. The molecule has 1 unspecified atom stereocenters. The van der Waals surface area contributed by atoms with Gasteiger partial charge in [-0.05, 0) is 26.8 Å². The van der Waals surface area contributed by atoms with Gasteiger partial charge in [0.25, 0.3) is 0 Å². The van der Waals surface area contributed by atoms with Crippen molar-refractivity contribution in [2.45, 2.75) is 25.8 Å². The highest BCUT2D eigenvalue weighted by Gasteiger charge is 2.34. The van der Waals surface area contributed by atoms with E-state index in [1.165, 1.54) is 4.90 Å². The average molecular weight is 214 g/mol. The van der Waals surface area contributed by atoms with Crippen LogP contribution < -0.4 is 5.32 Å². The lowest BCUT2D eigenvalue weighted by Crippen LogP contribution is -2.43. The van der Waals surface area contributed by atoms with Crippen LogP contribution in [0.4, 0.5) is 4.79 Å². The van der Waals surface area contributed by atoms with Crippen molar-refractivity contribution >= 4 is 11.9 Å². The van der Waals surface area contributed by atoms with Crippen molar-refractivity contribution in [3.63, 3.8) is 0 Å². The zero-order chi connectivity index (χ0) is 11.3. The number of Topliss-reactive ketones (excluding diaryl/α,β-unsaturated/α-hetero) is 1. The van der Waals surface area contributed by atoms with Crippen LogP contribution in [0.15, 0.2) is 0 Å². The highest BCUT2D eigenvalue weighted by atomic mass is 16.6. The molecular weight excluding hydrogens is 196 g/mol. The number of hydrogen-bond donors (Lipinski definition) is 1. The molecule has 0 aromatic rings. The zero-order valence-corrected chi connectivity index (χ0v) is 9.28. The van der Waals surface area contributed by atoms with Crippen LogP contribution in [0.2, 0.25) is 0 Å². The second kappa shape index (κ2) is 5.70.